The number of amides is 1. The lowest BCUT2D eigenvalue weighted by molar-refractivity contribution is -0.140. The zero-order valence-corrected chi connectivity index (χ0v) is 21.5. The van der Waals surface area contributed by atoms with Gasteiger partial charge in [-0.2, -0.15) is 18.3 Å². The summed E-state index contributed by atoms with van der Waals surface area (Å²) in [5, 5.41) is 3.72. The molecule has 0 N–H and O–H groups in total. The van der Waals surface area contributed by atoms with E-state index in [1.54, 1.807) is 50.2 Å². The Kier molecular flexibility index (Phi) is 6.16. The summed E-state index contributed by atoms with van der Waals surface area (Å²) in [6, 6.07) is 6.95. The van der Waals surface area contributed by atoms with Crippen molar-refractivity contribution in [2.24, 2.45) is 13.0 Å². The number of carbonyl (C=O) groups is 1. The van der Waals surface area contributed by atoms with Crippen molar-refractivity contribution in [3.8, 4) is 16.9 Å². The molecule has 6 rings (SSSR count). The lowest BCUT2D eigenvalue weighted by Crippen LogP contribution is -2.41. The van der Waals surface area contributed by atoms with Crippen LogP contribution < -0.4 is 4.74 Å². The van der Waals surface area contributed by atoms with Crippen LogP contribution in [-0.4, -0.2) is 48.8 Å². The van der Waals surface area contributed by atoms with Crippen LogP contribution >= 0.6 is 0 Å². The third-order valence-electron chi connectivity index (χ3n) is 7.41. The molecule has 11 heteroatoms. The van der Waals surface area contributed by atoms with Crippen molar-refractivity contribution in [1.29, 1.82) is 0 Å². The highest BCUT2D eigenvalue weighted by molar-refractivity contribution is 5.99. The molecule has 4 aromatic rings. The van der Waals surface area contributed by atoms with Gasteiger partial charge in [-0.1, -0.05) is 0 Å². The minimum absolute atomic E-state index is 0.0248. The van der Waals surface area contributed by atoms with E-state index in [9.17, 15) is 18.0 Å². The van der Waals surface area contributed by atoms with E-state index in [1.165, 1.54) is 17.9 Å². The van der Waals surface area contributed by atoms with Gasteiger partial charge in [0.2, 0.25) is 0 Å². The van der Waals surface area contributed by atoms with E-state index in [0.717, 1.165) is 18.5 Å². The largest absolute Gasteiger partial charge is 0.497 e. The standard InChI is InChI=1S/C28H27F3N6O2/c1-35-15-23(26(34-35)28(29,30)31)21-11-17(14-36-10-8-32-16-36)12-22-20(21)6-9-37(27(22)38)25(18-3-4-18)24-13-19(39-2)5-7-33-24/h5,7-8,10-13,15-16,18,25H,3-4,6,9,14H2,1-2H3. The van der Waals surface area contributed by atoms with Crippen molar-refractivity contribution in [2.75, 3.05) is 13.7 Å². The number of pyridine rings is 1. The maximum Gasteiger partial charge on any atom is 0.435 e. The molecule has 8 nitrogen and oxygen atoms in total. The number of carbonyl (C=O) groups excluding carboxylic acids is 1. The van der Waals surface area contributed by atoms with E-state index in [0.29, 0.717) is 47.5 Å². The molecular formula is C28H27F3N6O2. The SMILES string of the molecule is COc1ccnc(C(C2CC2)N2CCc3c(cc(Cn4ccnc4)cc3-c3cn(C)nc3C(F)(F)F)C2=O)c1. The van der Waals surface area contributed by atoms with Gasteiger partial charge in [0.25, 0.3) is 5.91 Å². The first kappa shape index (κ1) is 25.1. The summed E-state index contributed by atoms with van der Waals surface area (Å²) in [6.45, 7) is 0.736. The first-order chi connectivity index (χ1) is 18.7. The molecule has 1 aliphatic carbocycles. The van der Waals surface area contributed by atoms with Gasteiger partial charge in [-0.25, -0.2) is 4.98 Å². The van der Waals surface area contributed by atoms with Crippen LogP contribution in [0.5, 0.6) is 5.75 Å². The Hall–Kier alpha value is -4.15. The van der Waals surface area contributed by atoms with Crippen molar-refractivity contribution >= 4 is 5.91 Å². The van der Waals surface area contributed by atoms with Crippen molar-refractivity contribution in [2.45, 2.75) is 38.0 Å². The first-order valence-corrected chi connectivity index (χ1v) is 12.8. The number of hydrogen-bond donors (Lipinski definition) is 0. The van der Waals surface area contributed by atoms with E-state index in [1.807, 2.05) is 15.5 Å². The van der Waals surface area contributed by atoms with Gasteiger partial charge in [-0.15, -0.1) is 0 Å². The highest BCUT2D eigenvalue weighted by Crippen LogP contribution is 2.47. The number of rotatable bonds is 7. The fraction of sp³-hybridized carbons (Fsp3) is 0.357. The Balaban J connectivity index is 1.47. The molecule has 1 fully saturated rings. The Morgan fingerprint density at radius 1 is 1.13 bits per heavy atom. The van der Waals surface area contributed by atoms with Gasteiger partial charge in [-0.05, 0) is 60.1 Å². The van der Waals surface area contributed by atoms with Crippen molar-refractivity contribution < 1.29 is 22.7 Å². The Morgan fingerprint density at radius 2 is 1.92 bits per heavy atom. The molecule has 0 saturated heterocycles. The molecule has 0 spiro atoms. The van der Waals surface area contributed by atoms with E-state index in [-0.39, 0.29) is 23.4 Å². The van der Waals surface area contributed by atoms with E-state index in [4.69, 9.17) is 4.74 Å². The number of benzene rings is 1. The lowest BCUT2D eigenvalue weighted by Gasteiger charge is -2.36. The summed E-state index contributed by atoms with van der Waals surface area (Å²) in [5.41, 5.74) is 1.89. The van der Waals surface area contributed by atoms with Crippen LogP contribution in [0.15, 0.2) is 55.4 Å². The molecule has 3 aromatic heterocycles. The average Bonchev–Trinajstić information content (AvgIpc) is 3.44. The molecule has 202 valence electrons. The van der Waals surface area contributed by atoms with Crippen LogP contribution in [0.3, 0.4) is 0 Å². The highest BCUT2D eigenvalue weighted by atomic mass is 19.4. The lowest BCUT2D eigenvalue weighted by atomic mass is 9.87. The summed E-state index contributed by atoms with van der Waals surface area (Å²) in [6.07, 6.45) is 5.85. The molecule has 0 radical (unpaired) electrons. The fourth-order valence-corrected chi connectivity index (χ4v) is 5.55. The monoisotopic (exact) mass is 536 g/mol. The van der Waals surface area contributed by atoms with Crippen LogP contribution in [0.2, 0.25) is 0 Å². The van der Waals surface area contributed by atoms with Gasteiger partial charge in [0.05, 0.1) is 25.2 Å². The van der Waals surface area contributed by atoms with Gasteiger partial charge in [-0.3, -0.25) is 14.5 Å². The van der Waals surface area contributed by atoms with Gasteiger partial charge in [0.1, 0.15) is 5.75 Å². The molecule has 1 unspecified atom stereocenters. The molecule has 1 aliphatic heterocycles. The van der Waals surface area contributed by atoms with Crippen LogP contribution in [0.1, 0.15) is 51.8 Å². The number of alkyl halides is 3. The second-order valence-corrected chi connectivity index (χ2v) is 10.1. The number of methoxy groups -OCH3 is 1. The summed E-state index contributed by atoms with van der Waals surface area (Å²) in [5.74, 6) is 0.736. The van der Waals surface area contributed by atoms with E-state index in [2.05, 4.69) is 15.1 Å². The van der Waals surface area contributed by atoms with Gasteiger partial charge in [0, 0.05) is 62.1 Å². The molecule has 4 heterocycles. The molecule has 39 heavy (non-hydrogen) atoms. The molecular weight excluding hydrogens is 509 g/mol. The zero-order chi connectivity index (χ0) is 27.3. The van der Waals surface area contributed by atoms with Gasteiger partial charge in [0.15, 0.2) is 5.69 Å². The highest BCUT2D eigenvalue weighted by Gasteiger charge is 2.43. The maximum absolute atomic E-state index is 14.1. The van der Waals surface area contributed by atoms with Crippen molar-refractivity contribution in [1.82, 2.24) is 29.2 Å². The number of fused-ring (bicyclic) bond motifs is 1. The normalized spacial score (nSPS) is 16.3. The second kappa shape index (κ2) is 9.55. The van der Waals surface area contributed by atoms with E-state index >= 15 is 0 Å². The predicted molar refractivity (Wildman–Crippen MR) is 136 cm³/mol. The third-order valence-corrected chi connectivity index (χ3v) is 7.41. The topological polar surface area (TPSA) is 78.1 Å². The van der Waals surface area contributed by atoms with Crippen LogP contribution in [0.4, 0.5) is 13.2 Å². The predicted octanol–water partition coefficient (Wildman–Crippen LogP) is 4.90. The zero-order valence-electron chi connectivity index (χ0n) is 21.5. The van der Waals surface area contributed by atoms with Crippen molar-refractivity contribution in [3.63, 3.8) is 0 Å². The van der Waals surface area contributed by atoms with Crippen LogP contribution in [0, 0.1) is 5.92 Å². The molecule has 0 bridgehead atoms. The molecule has 1 aromatic carbocycles. The molecule has 1 saturated carbocycles. The fourth-order valence-electron chi connectivity index (χ4n) is 5.55. The molecule has 2 aliphatic rings. The number of ether oxygens (including phenoxy) is 1. The number of halogens is 3. The minimum Gasteiger partial charge on any atom is -0.497 e. The minimum atomic E-state index is -4.64. The van der Waals surface area contributed by atoms with Crippen molar-refractivity contribution in [3.05, 3.63) is 83.5 Å². The quantitative estimate of drug-likeness (QED) is 0.336. The summed E-state index contributed by atoms with van der Waals surface area (Å²) in [4.78, 5) is 24.6. The van der Waals surface area contributed by atoms with Gasteiger partial charge < -0.3 is 14.2 Å². The summed E-state index contributed by atoms with van der Waals surface area (Å²) in [7, 11) is 3.05. The molecule has 1 atom stereocenters. The molecule has 1 amide bonds. The Morgan fingerprint density at radius 3 is 2.62 bits per heavy atom. The van der Waals surface area contributed by atoms with Crippen LogP contribution in [-0.2, 0) is 26.2 Å². The Labute approximate surface area is 223 Å². The average molecular weight is 537 g/mol. The maximum atomic E-state index is 14.1. The van der Waals surface area contributed by atoms with E-state index < -0.39 is 11.9 Å². The number of nitrogens with zero attached hydrogens (tertiary/aromatic N) is 6. The third kappa shape index (κ3) is 4.77. The van der Waals surface area contributed by atoms with Gasteiger partial charge >= 0.3 is 6.18 Å². The Bertz CT molecular complexity index is 1520. The number of aromatic nitrogens is 5. The first-order valence-electron chi connectivity index (χ1n) is 12.8. The second-order valence-electron chi connectivity index (χ2n) is 10.1. The number of hydrogen-bond acceptors (Lipinski definition) is 5. The summed E-state index contributed by atoms with van der Waals surface area (Å²) < 4.78 is 50.4. The smallest absolute Gasteiger partial charge is 0.435 e. The number of imidazole rings is 1. The number of aryl methyl sites for hydroxylation is 1. The van der Waals surface area contributed by atoms with Crippen LogP contribution in [0.25, 0.3) is 11.1 Å². The summed E-state index contributed by atoms with van der Waals surface area (Å²) >= 11 is 0.